The van der Waals surface area contributed by atoms with Crippen molar-refractivity contribution in [2.24, 2.45) is 0 Å². The van der Waals surface area contributed by atoms with Crippen molar-refractivity contribution in [3.63, 3.8) is 0 Å². The predicted molar refractivity (Wildman–Crippen MR) is 55.9 cm³/mol. The van der Waals surface area contributed by atoms with E-state index in [1.807, 2.05) is 0 Å². The molecular formula is C10H20O7. The fourth-order valence-corrected chi connectivity index (χ4v) is 1.64. The van der Waals surface area contributed by atoms with Crippen LogP contribution in [-0.2, 0) is 14.2 Å². The normalized spacial score (nSPS) is 40.2. The van der Waals surface area contributed by atoms with Crippen LogP contribution in [-0.4, -0.2) is 70.6 Å². The van der Waals surface area contributed by atoms with Crippen molar-refractivity contribution in [1.82, 2.24) is 0 Å². The summed E-state index contributed by atoms with van der Waals surface area (Å²) in [6.07, 6.45) is -6.94. The van der Waals surface area contributed by atoms with Gasteiger partial charge in [0.15, 0.2) is 12.6 Å². The lowest BCUT2D eigenvalue weighted by molar-refractivity contribution is -0.333. The summed E-state index contributed by atoms with van der Waals surface area (Å²) in [6, 6.07) is 0. The van der Waals surface area contributed by atoms with E-state index in [1.54, 1.807) is 13.8 Å². The highest BCUT2D eigenvalue weighted by Gasteiger charge is 2.44. The minimum absolute atomic E-state index is 0.429. The number of ether oxygens (including phenoxy) is 3. The van der Waals surface area contributed by atoms with Gasteiger partial charge in [0, 0.05) is 6.61 Å². The van der Waals surface area contributed by atoms with Crippen molar-refractivity contribution in [3.05, 3.63) is 0 Å². The van der Waals surface area contributed by atoms with Gasteiger partial charge in [-0.2, -0.15) is 0 Å². The fourth-order valence-electron chi connectivity index (χ4n) is 1.64. The molecule has 0 radical (unpaired) electrons. The lowest BCUT2D eigenvalue weighted by atomic mass is 9.99. The van der Waals surface area contributed by atoms with Gasteiger partial charge in [-0.3, -0.25) is 0 Å². The van der Waals surface area contributed by atoms with E-state index in [0.29, 0.717) is 6.61 Å². The Morgan fingerprint density at radius 3 is 2.35 bits per heavy atom. The average Bonchev–Trinajstić information content (AvgIpc) is 2.30. The van der Waals surface area contributed by atoms with Crippen LogP contribution in [0.3, 0.4) is 0 Å². The molecule has 0 aromatic heterocycles. The number of hydrogen-bond acceptors (Lipinski definition) is 7. The number of hydrogen-bond donors (Lipinski definition) is 4. The Hall–Kier alpha value is -0.280. The molecule has 1 aliphatic heterocycles. The van der Waals surface area contributed by atoms with E-state index in [0.717, 1.165) is 0 Å². The van der Waals surface area contributed by atoms with Crippen LogP contribution in [0, 0.1) is 0 Å². The summed E-state index contributed by atoms with van der Waals surface area (Å²) in [7, 11) is 0. The molecule has 4 N–H and O–H groups in total. The van der Waals surface area contributed by atoms with E-state index in [2.05, 4.69) is 0 Å². The molecule has 1 fully saturated rings. The van der Waals surface area contributed by atoms with Crippen LogP contribution in [0.1, 0.15) is 13.8 Å². The molecule has 0 aromatic carbocycles. The van der Waals surface area contributed by atoms with Gasteiger partial charge in [0.1, 0.15) is 24.4 Å². The Morgan fingerprint density at radius 1 is 1.18 bits per heavy atom. The van der Waals surface area contributed by atoms with Crippen molar-refractivity contribution in [2.75, 3.05) is 13.2 Å². The topological polar surface area (TPSA) is 109 Å². The monoisotopic (exact) mass is 252 g/mol. The maximum Gasteiger partial charge on any atom is 0.189 e. The highest BCUT2D eigenvalue weighted by Crippen LogP contribution is 2.22. The lowest BCUT2D eigenvalue weighted by Crippen LogP contribution is -2.59. The van der Waals surface area contributed by atoms with Crippen molar-refractivity contribution in [1.29, 1.82) is 0 Å². The molecule has 7 heteroatoms. The van der Waals surface area contributed by atoms with Gasteiger partial charge in [-0.05, 0) is 13.8 Å². The molecular weight excluding hydrogens is 232 g/mol. The van der Waals surface area contributed by atoms with E-state index in [1.165, 1.54) is 0 Å². The Labute approximate surface area is 99.5 Å². The summed E-state index contributed by atoms with van der Waals surface area (Å²) >= 11 is 0. The molecule has 6 atom stereocenters. The largest absolute Gasteiger partial charge is 0.394 e. The smallest absolute Gasteiger partial charge is 0.189 e. The van der Waals surface area contributed by atoms with Crippen molar-refractivity contribution in [2.45, 2.75) is 50.8 Å². The van der Waals surface area contributed by atoms with Gasteiger partial charge in [-0.25, -0.2) is 0 Å². The van der Waals surface area contributed by atoms with Crippen LogP contribution in [0.2, 0.25) is 0 Å². The first kappa shape index (κ1) is 14.8. The molecule has 0 bridgehead atoms. The molecule has 1 aliphatic rings. The minimum atomic E-state index is -1.43. The van der Waals surface area contributed by atoms with Gasteiger partial charge in [-0.15, -0.1) is 0 Å². The highest BCUT2D eigenvalue weighted by atomic mass is 16.8. The SMILES string of the molecule is CCOC(C)OC1O[C@H](CO)[C@@H](O)[C@H](O)[C@H]1O. The van der Waals surface area contributed by atoms with Crippen LogP contribution in [0.15, 0.2) is 0 Å². The quantitative estimate of drug-likeness (QED) is 0.427. The first-order valence-corrected chi connectivity index (χ1v) is 5.58. The fraction of sp³-hybridized carbons (Fsp3) is 1.00. The number of rotatable bonds is 5. The Bertz CT molecular complexity index is 223. The molecule has 1 rings (SSSR count). The summed E-state index contributed by atoms with van der Waals surface area (Å²) in [5.41, 5.74) is 0. The average molecular weight is 252 g/mol. The second-order valence-corrected chi connectivity index (χ2v) is 3.86. The number of aliphatic hydroxyl groups excluding tert-OH is 4. The molecule has 17 heavy (non-hydrogen) atoms. The first-order chi connectivity index (χ1) is 8.01. The van der Waals surface area contributed by atoms with E-state index in [4.69, 9.17) is 19.3 Å². The summed E-state index contributed by atoms with van der Waals surface area (Å²) in [5.74, 6) is 0. The summed E-state index contributed by atoms with van der Waals surface area (Å²) in [6.45, 7) is 3.35. The molecule has 1 saturated heterocycles. The van der Waals surface area contributed by atoms with Gasteiger partial charge >= 0.3 is 0 Å². The molecule has 1 heterocycles. The molecule has 0 aromatic rings. The molecule has 0 aliphatic carbocycles. The van der Waals surface area contributed by atoms with Gasteiger partial charge in [-0.1, -0.05) is 0 Å². The maximum absolute atomic E-state index is 9.64. The van der Waals surface area contributed by atoms with Gasteiger partial charge in [0.05, 0.1) is 6.61 Å². The Morgan fingerprint density at radius 2 is 1.82 bits per heavy atom. The summed E-state index contributed by atoms with van der Waals surface area (Å²) < 4.78 is 15.5. The molecule has 0 amide bonds. The molecule has 2 unspecified atom stereocenters. The van der Waals surface area contributed by atoms with E-state index >= 15 is 0 Å². The van der Waals surface area contributed by atoms with E-state index in [-0.39, 0.29) is 0 Å². The second-order valence-electron chi connectivity index (χ2n) is 3.86. The predicted octanol–water partition coefficient (Wildman–Crippen LogP) is -1.81. The van der Waals surface area contributed by atoms with Crippen LogP contribution in [0.5, 0.6) is 0 Å². The third-order valence-electron chi connectivity index (χ3n) is 2.58. The standard InChI is InChI=1S/C10H20O7/c1-3-15-5(2)16-10-9(14)8(13)7(12)6(4-11)17-10/h5-14H,3-4H2,1-2H3/t5?,6-,7-,8+,9-,10?/m1/s1. The molecule has 7 nitrogen and oxygen atoms in total. The second kappa shape index (κ2) is 6.60. The highest BCUT2D eigenvalue weighted by molar-refractivity contribution is 4.88. The molecule has 0 saturated carbocycles. The Balaban J connectivity index is 2.59. The van der Waals surface area contributed by atoms with Crippen LogP contribution >= 0.6 is 0 Å². The van der Waals surface area contributed by atoms with Crippen LogP contribution in [0.25, 0.3) is 0 Å². The number of aliphatic hydroxyl groups is 4. The van der Waals surface area contributed by atoms with Crippen LogP contribution < -0.4 is 0 Å². The van der Waals surface area contributed by atoms with Crippen molar-refractivity contribution >= 4 is 0 Å². The van der Waals surface area contributed by atoms with Gasteiger partial charge in [0.2, 0.25) is 0 Å². The lowest BCUT2D eigenvalue weighted by Gasteiger charge is -2.40. The van der Waals surface area contributed by atoms with E-state index in [9.17, 15) is 15.3 Å². The third-order valence-corrected chi connectivity index (χ3v) is 2.58. The van der Waals surface area contributed by atoms with Crippen LogP contribution in [0.4, 0.5) is 0 Å². The summed E-state index contributed by atoms with van der Waals surface area (Å²) in [5, 5.41) is 37.6. The minimum Gasteiger partial charge on any atom is -0.394 e. The summed E-state index contributed by atoms with van der Waals surface area (Å²) in [4.78, 5) is 0. The van der Waals surface area contributed by atoms with E-state index < -0.39 is 43.6 Å². The third kappa shape index (κ3) is 3.59. The maximum atomic E-state index is 9.64. The van der Waals surface area contributed by atoms with Gasteiger partial charge < -0.3 is 34.6 Å². The first-order valence-electron chi connectivity index (χ1n) is 5.58. The zero-order valence-electron chi connectivity index (χ0n) is 9.89. The molecule has 102 valence electrons. The van der Waals surface area contributed by atoms with Crippen molar-refractivity contribution in [3.8, 4) is 0 Å². The van der Waals surface area contributed by atoms with Gasteiger partial charge in [0.25, 0.3) is 0 Å². The zero-order chi connectivity index (χ0) is 13.0. The molecule has 0 spiro atoms. The zero-order valence-corrected chi connectivity index (χ0v) is 9.89. The van der Waals surface area contributed by atoms with Crippen molar-refractivity contribution < 1.29 is 34.6 Å². The Kier molecular flexibility index (Phi) is 5.74.